The first-order valence-electron chi connectivity index (χ1n) is 6.98. The largest absolute Gasteiger partial charge is 0.379 e. The fourth-order valence-electron chi connectivity index (χ4n) is 2.43. The Labute approximate surface area is 128 Å². The molecule has 0 saturated carbocycles. The second-order valence-corrected chi connectivity index (χ2v) is 6.01. The molecule has 1 amide bonds. The van der Waals surface area contributed by atoms with E-state index in [0.29, 0.717) is 13.2 Å². The van der Waals surface area contributed by atoms with Gasteiger partial charge in [-0.15, -0.1) is 0 Å². The van der Waals surface area contributed by atoms with Gasteiger partial charge in [-0.2, -0.15) is 0 Å². The van der Waals surface area contributed by atoms with Crippen molar-refractivity contribution < 1.29 is 9.53 Å². The number of rotatable bonds is 5. The van der Waals surface area contributed by atoms with Crippen molar-refractivity contribution in [3.05, 3.63) is 34.3 Å². The van der Waals surface area contributed by atoms with E-state index in [1.54, 1.807) is 0 Å². The Hall–Kier alpha value is -0.910. The van der Waals surface area contributed by atoms with E-state index in [2.05, 4.69) is 26.6 Å². The minimum Gasteiger partial charge on any atom is -0.379 e. The van der Waals surface area contributed by atoms with E-state index in [-0.39, 0.29) is 23.9 Å². The maximum atomic E-state index is 12.3. The van der Waals surface area contributed by atoms with Gasteiger partial charge in [0.1, 0.15) is 0 Å². The molecule has 0 spiro atoms. The van der Waals surface area contributed by atoms with Gasteiger partial charge in [0.25, 0.3) is 0 Å². The molecule has 3 atom stereocenters. The monoisotopic (exact) mass is 340 g/mol. The minimum atomic E-state index is -0.104. The lowest BCUT2D eigenvalue weighted by Gasteiger charge is -2.21. The fourth-order valence-corrected chi connectivity index (χ4v) is 2.70. The Morgan fingerprint density at radius 2 is 2.10 bits per heavy atom. The molecule has 2 rings (SSSR count). The minimum absolute atomic E-state index is 0.00141. The molecule has 3 unspecified atom stereocenters. The second kappa shape index (κ2) is 7.20. The lowest BCUT2D eigenvalue weighted by atomic mass is 10.0. The van der Waals surface area contributed by atoms with Gasteiger partial charge in [-0.25, -0.2) is 0 Å². The van der Waals surface area contributed by atoms with E-state index in [1.165, 1.54) is 0 Å². The third kappa shape index (κ3) is 3.81. The molecule has 1 aromatic rings. The summed E-state index contributed by atoms with van der Waals surface area (Å²) in [7, 11) is 0. The number of carbonyl (C=O) groups is 1. The Kier molecular flexibility index (Phi) is 5.57. The lowest BCUT2D eigenvalue weighted by molar-refractivity contribution is -0.126. The highest BCUT2D eigenvalue weighted by Crippen LogP contribution is 2.19. The van der Waals surface area contributed by atoms with Crippen LogP contribution >= 0.6 is 15.9 Å². The van der Waals surface area contributed by atoms with Crippen LogP contribution < -0.4 is 10.6 Å². The van der Waals surface area contributed by atoms with E-state index in [0.717, 1.165) is 16.6 Å². The molecule has 0 bridgehead atoms. The van der Waals surface area contributed by atoms with Gasteiger partial charge in [-0.1, -0.05) is 35.0 Å². The quantitative estimate of drug-likeness (QED) is 0.864. The first-order chi connectivity index (χ1) is 9.61. The molecule has 1 aliphatic rings. The first kappa shape index (κ1) is 15.5. The molecule has 110 valence electrons. The highest BCUT2D eigenvalue weighted by Gasteiger charge is 2.33. The normalized spacial score (nSPS) is 23.6. The van der Waals surface area contributed by atoms with Crippen LogP contribution in [0.1, 0.15) is 25.5 Å². The van der Waals surface area contributed by atoms with E-state index in [4.69, 9.17) is 4.74 Å². The highest BCUT2D eigenvalue weighted by molar-refractivity contribution is 9.10. The molecule has 0 radical (unpaired) electrons. The Bertz CT molecular complexity index is 450. The van der Waals surface area contributed by atoms with Gasteiger partial charge in [0.2, 0.25) is 5.91 Å². The number of carbonyl (C=O) groups excluding carboxylic acids is 1. The van der Waals surface area contributed by atoms with Gasteiger partial charge >= 0.3 is 0 Å². The van der Waals surface area contributed by atoms with Gasteiger partial charge in [0.15, 0.2) is 0 Å². The smallest absolute Gasteiger partial charge is 0.227 e. The Morgan fingerprint density at radius 1 is 1.40 bits per heavy atom. The molecule has 1 saturated heterocycles. The summed E-state index contributed by atoms with van der Waals surface area (Å²) < 4.78 is 6.46. The molecule has 0 aliphatic carbocycles. The molecule has 4 nitrogen and oxygen atoms in total. The molecule has 1 aliphatic heterocycles. The van der Waals surface area contributed by atoms with Crippen LogP contribution in [0.4, 0.5) is 0 Å². The van der Waals surface area contributed by atoms with Gasteiger partial charge in [-0.3, -0.25) is 4.79 Å². The fraction of sp³-hybridized carbons (Fsp3) is 0.533. The Morgan fingerprint density at radius 3 is 2.75 bits per heavy atom. The lowest BCUT2D eigenvalue weighted by Crippen LogP contribution is -2.44. The number of ether oxygens (including phenoxy) is 1. The average Bonchev–Trinajstić information content (AvgIpc) is 2.88. The van der Waals surface area contributed by atoms with E-state index in [1.807, 2.05) is 38.1 Å². The van der Waals surface area contributed by atoms with Crippen LogP contribution in [0.3, 0.4) is 0 Å². The van der Waals surface area contributed by atoms with Crippen molar-refractivity contribution in [3.8, 4) is 0 Å². The SMILES string of the molecule is CCNC1COCC1C(=O)NC(C)c1ccc(Br)cc1. The van der Waals surface area contributed by atoms with Crippen LogP contribution in [0.2, 0.25) is 0 Å². The Balaban J connectivity index is 1.95. The number of amides is 1. The van der Waals surface area contributed by atoms with Crippen LogP contribution in [-0.2, 0) is 9.53 Å². The molecule has 1 fully saturated rings. The summed E-state index contributed by atoms with van der Waals surface area (Å²) >= 11 is 3.41. The standard InChI is InChI=1S/C15H21BrN2O2/c1-3-17-14-9-20-8-13(14)15(19)18-10(2)11-4-6-12(16)7-5-11/h4-7,10,13-14,17H,3,8-9H2,1-2H3,(H,18,19). The molecular weight excluding hydrogens is 320 g/mol. The van der Waals surface area contributed by atoms with Crippen LogP contribution in [0.5, 0.6) is 0 Å². The number of hydrogen-bond donors (Lipinski definition) is 2. The van der Waals surface area contributed by atoms with Crippen molar-refractivity contribution in [3.63, 3.8) is 0 Å². The predicted octanol–water partition coefficient (Wildman–Crippen LogP) is 2.25. The van der Waals surface area contributed by atoms with Crippen molar-refractivity contribution in [1.82, 2.24) is 10.6 Å². The summed E-state index contributed by atoms with van der Waals surface area (Å²) in [5.74, 6) is -0.0447. The van der Waals surface area contributed by atoms with Gasteiger partial charge in [-0.05, 0) is 31.2 Å². The number of benzene rings is 1. The van der Waals surface area contributed by atoms with Crippen molar-refractivity contribution >= 4 is 21.8 Å². The summed E-state index contributed by atoms with van der Waals surface area (Å²) in [5.41, 5.74) is 1.10. The highest BCUT2D eigenvalue weighted by atomic mass is 79.9. The van der Waals surface area contributed by atoms with Crippen LogP contribution in [0.25, 0.3) is 0 Å². The average molecular weight is 341 g/mol. The summed E-state index contributed by atoms with van der Waals surface area (Å²) in [6.07, 6.45) is 0. The zero-order valence-electron chi connectivity index (χ0n) is 11.9. The van der Waals surface area contributed by atoms with Gasteiger partial charge in [0.05, 0.1) is 25.2 Å². The van der Waals surface area contributed by atoms with Crippen LogP contribution in [-0.4, -0.2) is 31.7 Å². The third-order valence-corrected chi connectivity index (χ3v) is 4.14. The summed E-state index contributed by atoms with van der Waals surface area (Å²) in [4.78, 5) is 12.3. The van der Waals surface area contributed by atoms with Gasteiger partial charge < -0.3 is 15.4 Å². The van der Waals surface area contributed by atoms with Crippen molar-refractivity contribution in [2.45, 2.75) is 25.9 Å². The van der Waals surface area contributed by atoms with E-state index < -0.39 is 0 Å². The number of hydrogen-bond acceptors (Lipinski definition) is 3. The maximum Gasteiger partial charge on any atom is 0.227 e. The topological polar surface area (TPSA) is 50.4 Å². The van der Waals surface area contributed by atoms with E-state index >= 15 is 0 Å². The van der Waals surface area contributed by atoms with Crippen molar-refractivity contribution in [1.29, 1.82) is 0 Å². The zero-order valence-corrected chi connectivity index (χ0v) is 13.4. The van der Waals surface area contributed by atoms with Crippen LogP contribution in [0.15, 0.2) is 28.7 Å². The zero-order chi connectivity index (χ0) is 14.5. The van der Waals surface area contributed by atoms with Crippen molar-refractivity contribution in [2.75, 3.05) is 19.8 Å². The molecular formula is C15H21BrN2O2. The van der Waals surface area contributed by atoms with Crippen LogP contribution in [0, 0.1) is 5.92 Å². The number of nitrogens with one attached hydrogen (secondary N) is 2. The maximum absolute atomic E-state index is 12.3. The molecule has 1 heterocycles. The predicted molar refractivity (Wildman–Crippen MR) is 82.5 cm³/mol. The molecule has 20 heavy (non-hydrogen) atoms. The van der Waals surface area contributed by atoms with Crippen molar-refractivity contribution in [2.24, 2.45) is 5.92 Å². The number of likely N-dealkylation sites (N-methyl/N-ethyl adjacent to an activating group) is 1. The first-order valence-corrected chi connectivity index (χ1v) is 7.78. The molecule has 5 heteroatoms. The summed E-state index contributed by atoms with van der Waals surface area (Å²) in [6, 6.07) is 8.12. The molecule has 0 aromatic heterocycles. The second-order valence-electron chi connectivity index (χ2n) is 5.09. The summed E-state index contributed by atoms with van der Waals surface area (Å²) in [5, 5.41) is 6.38. The molecule has 2 N–H and O–H groups in total. The molecule has 1 aromatic carbocycles. The van der Waals surface area contributed by atoms with E-state index in [9.17, 15) is 4.79 Å². The van der Waals surface area contributed by atoms with Gasteiger partial charge in [0, 0.05) is 10.5 Å². The summed E-state index contributed by atoms with van der Waals surface area (Å²) in [6.45, 7) is 5.99. The number of halogens is 1. The third-order valence-electron chi connectivity index (χ3n) is 3.61.